The molecule has 0 saturated carbocycles. The van der Waals surface area contributed by atoms with E-state index in [1.807, 2.05) is 97.1 Å². The van der Waals surface area contributed by atoms with Crippen molar-refractivity contribution in [1.29, 1.82) is 0 Å². The van der Waals surface area contributed by atoms with E-state index in [4.69, 9.17) is 9.47 Å². The first kappa shape index (κ1) is 20.4. The number of rotatable bonds is 8. The fourth-order valence-electron chi connectivity index (χ4n) is 3.54. The first-order valence-electron chi connectivity index (χ1n) is 10.3. The van der Waals surface area contributed by atoms with E-state index in [9.17, 15) is 4.79 Å². The molecule has 2 atom stereocenters. The van der Waals surface area contributed by atoms with Crippen LogP contribution in [0.1, 0.15) is 29.8 Å². The minimum atomic E-state index is -0.844. The van der Waals surface area contributed by atoms with Crippen LogP contribution in [0.25, 0.3) is 10.8 Å². The Morgan fingerprint density at radius 3 is 2.13 bits per heavy atom. The molecule has 4 aromatic carbocycles. The molecule has 2 unspecified atom stereocenters. The van der Waals surface area contributed by atoms with Crippen LogP contribution in [0.5, 0.6) is 5.75 Å². The highest BCUT2D eigenvalue weighted by atomic mass is 16.7. The standard InChI is InChI=1S/C28H24O3/c1-2-11-26(24-19-18-21-12-9-10-15-23(21)20-24)27(29)31-28(22-13-5-3-6-14-22)30-25-16-7-4-8-17-25/h2-10,12-20,26,28H,1,11H2. The molecule has 3 heteroatoms. The fourth-order valence-corrected chi connectivity index (χ4v) is 3.54. The molecule has 0 aliphatic rings. The van der Waals surface area contributed by atoms with Crippen LogP contribution in [0.3, 0.4) is 0 Å². The van der Waals surface area contributed by atoms with Gasteiger partial charge in [-0.05, 0) is 34.9 Å². The van der Waals surface area contributed by atoms with Crippen LogP contribution in [0.2, 0.25) is 0 Å². The van der Waals surface area contributed by atoms with Crippen molar-refractivity contribution in [1.82, 2.24) is 0 Å². The normalized spacial score (nSPS) is 12.6. The van der Waals surface area contributed by atoms with E-state index >= 15 is 0 Å². The number of benzene rings is 4. The van der Waals surface area contributed by atoms with Gasteiger partial charge in [0.2, 0.25) is 0 Å². The van der Waals surface area contributed by atoms with Crippen molar-refractivity contribution >= 4 is 16.7 Å². The van der Waals surface area contributed by atoms with Gasteiger partial charge in [-0.25, -0.2) is 0 Å². The van der Waals surface area contributed by atoms with Crippen LogP contribution in [-0.4, -0.2) is 5.97 Å². The van der Waals surface area contributed by atoms with Crippen LogP contribution < -0.4 is 4.74 Å². The predicted octanol–water partition coefficient (Wildman–Crippen LogP) is 6.82. The number of para-hydroxylation sites is 1. The average molecular weight is 408 g/mol. The third-order valence-corrected chi connectivity index (χ3v) is 5.14. The number of carbonyl (C=O) groups is 1. The van der Waals surface area contributed by atoms with Crippen molar-refractivity contribution in [2.75, 3.05) is 0 Å². The van der Waals surface area contributed by atoms with Gasteiger partial charge in [0.1, 0.15) is 5.75 Å². The Morgan fingerprint density at radius 1 is 0.774 bits per heavy atom. The Balaban J connectivity index is 1.62. The maximum absolute atomic E-state index is 13.3. The smallest absolute Gasteiger partial charge is 0.317 e. The molecule has 4 aromatic rings. The molecule has 0 radical (unpaired) electrons. The summed E-state index contributed by atoms with van der Waals surface area (Å²) in [5.74, 6) is -0.178. The maximum atomic E-state index is 13.3. The Labute approximate surface area is 182 Å². The zero-order valence-corrected chi connectivity index (χ0v) is 17.2. The van der Waals surface area contributed by atoms with Gasteiger partial charge in [-0.3, -0.25) is 4.79 Å². The van der Waals surface area contributed by atoms with Gasteiger partial charge in [-0.2, -0.15) is 0 Å². The van der Waals surface area contributed by atoms with Gasteiger partial charge in [0.15, 0.2) is 0 Å². The first-order valence-corrected chi connectivity index (χ1v) is 10.3. The van der Waals surface area contributed by atoms with Crippen molar-refractivity contribution in [3.8, 4) is 5.75 Å². The van der Waals surface area contributed by atoms with E-state index in [0.29, 0.717) is 12.2 Å². The van der Waals surface area contributed by atoms with Crippen LogP contribution in [0.15, 0.2) is 116 Å². The lowest BCUT2D eigenvalue weighted by Gasteiger charge is -2.23. The zero-order valence-electron chi connectivity index (χ0n) is 17.2. The highest BCUT2D eigenvalue weighted by Crippen LogP contribution is 2.30. The lowest BCUT2D eigenvalue weighted by molar-refractivity contribution is -0.166. The third-order valence-electron chi connectivity index (χ3n) is 5.14. The van der Waals surface area contributed by atoms with Crippen LogP contribution in [-0.2, 0) is 9.53 Å². The van der Waals surface area contributed by atoms with E-state index in [1.54, 1.807) is 6.08 Å². The molecule has 0 heterocycles. The minimum absolute atomic E-state index is 0.347. The van der Waals surface area contributed by atoms with Crippen LogP contribution in [0.4, 0.5) is 0 Å². The Kier molecular flexibility index (Phi) is 6.44. The summed E-state index contributed by atoms with van der Waals surface area (Å²) in [7, 11) is 0. The van der Waals surface area contributed by atoms with E-state index in [-0.39, 0.29) is 5.97 Å². The van der Waals surface area contributed by atoms with E-state index < -0.39 is 12.2 Å². The lowest BCUT2D eigenvalue weighted by atomic mass is 9.93. The SMILES string of the molecule is C=CCC(C(=O)OC(Oc1ccccc1)c1ccccc1)c1ccc2ccccc2c1. The van der Waals surface area contributed by atoms with Gasteiger partial charge in [0.25, 0.3) is 6.29 Å². The van der Waals surface area contributed by atoms with Crippen molar-refractivity contribution < 1.29 is 14.3 Å². The third kappa shape index (κ3) is 5.01. The predicted molar refractivity (Wildman–Crippen MR) is 124 cm³/mol. The second-order valence-electron chi connectivity index (χ2n) is 7.29. The second kappa shape index (κ2) is 9.77. The van der Waals surface area contributed by atoms with Gasteiger partial charge < -0.3 is 9.47 Å². The summed E-state index contributed by atoms with van der Waals surface area (Å²) < 4.78 is 11.9. The number of allylic oxidation sites excluding steroid dienone is 1. The summed E-state index contributed by atoms with van der Waals surface area (Å²) in [6, 6.07) is 33.0. The molecule has 0 aliphatic heterocycles. The van der Waals surface area contributed by atoms with Crippen molar-refractivity contribution in [3.63, 3.8) is 0 Å². The summed E-state index contributed by atoms with van der Waals surface area (Å²) in [4.78, 5) is 13.3. The number of carbonyl (C=O) groups excluding carboxylic acids is 1. The van der Waals surface area contributed by atoms with Crippen LogP contribution in [0, 0.1) is 0 Å². The number of ether oxygens (including phenoxy) is 2. The summed E-state index contributed by atoms with van der Waals surface area (Å²) in [5, 5.41) is 2.22. The molecule has 0 bridgehead atoms. The highest BCUT2D eigenvalue weighted by molar-refractivity contribution is 5.86. The van der Waals surface area contributed by atoms with Crippen molar-refractivity contribution in [2.45, 2.75) is 18.6 Å². The highest BCUT2D eigenvalue weighted by Gasteiger charge is 2.26. The molecule has 0 aromatic heterocycles. The molecule has 4 rings (SSSR count). The summed E-state index contributed by atoms with van der Waals surface area (Å²) in [6.07, 6.45) is 1.38. The van der Waals surface area contributed by atoms with Gasteiger partial charge in [-0.15, -0.1) is 6.58 Å². The molecule has 0 N–H and O–H groups in total. The van der Waals surface area contributed by atoms with E-state index in [0.717, 1.165) is 21.9 Å². The number of fused-ring (bicyclic) bond motifs is 1. The lowest BCUT2D eigenvalue weighted by Crippen LogP contribution is -2.22. The molecular formula is C28H24O3. The molecule has 0 fully saturated rings. The number of esters is 1. The van der Waals surface area contributed by atoms with E-state index in [2.05, 4.69) is 12.6 Å². The second-order valence-corrected chi connectivity index (χ2v) is 7.29. The number of hydrogen-bond acceptors (Lipinski definition) is 3. The summed E-state index contributed by atoms with van der Waals surface area (Å²) >= 11 is 0. The Bertz CT molecular complexity index is 1150. The fraction of sp³-hybridized carbons (Fsp3) is 0.107. The van der Waals surface area contributed by atoms with Gasteiger partial charge in [0.05, 0.1) is 5.92 Å². The minimum Gasteiger partial charge on any atom is -0.450 e. The molecule has 31 heavy (non-hydrogen) atoms. The largest absolute Gasteiger partial charge is 0.450 e. The molecule has 3 nitrogen and oxygen atoms in total. The van der Waals surface area contributed by atoms with E-state index in [1.165, 1.54) is 0 Å². The molecule has 154 valence electrons. The summed E-state index contributed by atoms with van der Waals surface area (Å²) in [6.45, 7) is 3.84. The van der Waals surface area contributed by atoms with Gasteiger partial charge in [0, 0.05) is 5.56 Å². The zero-order chi connectivity index (χ0) is 21.5. The van der Waals surface area contributed by atoms with Crippen LogP contribution >= 0.6 is 0 Å². The molecule has 0 amide bonds. The monoisotopic (exact) mass is 408 g/mol. The van der Waals surface area contributed by atoms with Gasteiger partial charge >= 0.3 is 5.97 Å². The quantitative estimate of drug-likeness (QED) is 0.182. The Morgan fingerprint density at radius 2 is 1.42 bits per heavy atom. The molecular weight excluding hydrogens is 384 g/mol. The Hall–Kier alpha value is -3.85. The van der Waals surface area contributed by atoms with Crippen molar-refractivity contribution in [2.24, 2.45) is 0 Å². The molecule has 0 aliphatic carbocycles. The van der Waals surface area contributed by atoms with Crippen molar-refractivity contribution in [3.05, 3.63) is 127 Å². The molecule has 0 spiro atoms. The topological polar surface area (TPSA) is 35.5 Å². The molecule has 0 saturated heterocycles. The number of hydrogen-bond donors (Lipinski definition) is 0. The van der Waals surface area contributed by atoms with Gasteiger partial charge in [-0.1, -0.05) is 97.1 Å². The summed E-state index contributed by atoms with van der Waals surface area (Å²) in [5.41, 5.74) is 1.67. The first-order chi connectivity index (χ1) is 15.2. The average Bonchev–Trinajstić information content (AvgIpc) is 2.83. The maximum Gasteiger partial charge on any atom is 0.317 e.